The first-order valence-corrected chi connectivity index (χ1v) is 6.29. The first-order valence-electron chi connectivity index (χ1n) is 6.29. The molecule has 0 N–H and O–H groups in total. The SMILES string of the molecule is O=C1CCC(N2CCC(C(F)(F)F)CC2)CC1. The van der Waals surface area contributed by atoms with Crippen LogP contribution in [-0.2, 0) is 4.79 Å². The average molecular weight is 249 g/mol. The highest BCUT2D eigenvalue weighted by molar-refractivity contribution is 5.79. The molecule has 1 aliphatic heterocycles. The molecule has 1 saturated carbocycles. The number of hydrogen-bond donors (Lipinski definition) is 0. The molecule has 0 atom stereocenters. The fraction of sp³-hybridized carbons (Fsp3) is 0.917. The van der Waals surface area contributed by atoms with E-state index in [1.54, 1.807) is 0 Å². The van der Waals surface area contributed by atoms with Crippen LogP contribution in [0.2, 0.25) is 0 Å². The minimum Gasteiger partial charge on any atom is -0.300 e. The van der Waals surface area contributed by atoms with Crippen LogP contribution in [0.15, 0.2) is 0 Å². The third kappa shape index (κ3) is 3.21. The molecule has 5 heteroatoms. The molecular weight excluding hydrogens is 231 g/mol. The zero-order valence-electron chi connectivity index (χ0n) is 9.80. The molecule has 0 bridgehead atoms. The number of carbonyl (C=O) groups excluding carboxylic acids is 1. The van der Waals surface area contributed by atoms with Crippen LogP contribution in [0.1, 0.15) is 38.5 Å². The Morgan fingerprint density at radius 3 is 2.00 bits per heavy atom. The van der Waals surface area contributed by atoms with Crippen LogP contribution in [-0.4, -0.2) is 36.0 Å². The lowest BCUT2D eigenvalue weighted by molar-refractivity contribution is -0.186. The van der Waals surface area contributed by atoms with Gasteiger partial charge in [-0.1, -0.05) is 0 Å². The average Bonchev–Trinajstić information content (AvgIpc) is 2.29. The van der Waals surface area contributed by atoms with Gasteiger partial charge >= 0.3 is 6.18 Å². The van der Waals surface area contributed by atoms with Gasteiger partial charge in [-0.3, -0.25) is 4.79 Å². The summed E-state index contributed by atoms with van der Waals surface area (Å²) in [5.74, 6) is -0.824. The van der Waals surface area contributed by atoms with E-state index in [-0.39, 0.29) is 12.8 Å². The number of halogens is 3. The van der Waals surface area contributed by atoms with Crippen molar-refractivity contribution in [3.05, 3.63) is 0 Å². The first kappa shape index (κ1) is 12.9. The molecule has 1 saturated heterocycles. The van der Waals surface area contributed by atoms with E-state index in [1.165, 1.54) is 0 Å². The van der Waals surface area contributed by atoms with Crippen molar-refractivity contribution in [2.45, 2.75) is 50.7 Å². The quantitative estimate of drug-likeness (QED) is 0.712. The summed E-state index contributed by atoms with van der Waals surface area (Å²) < 4.78 is 37.5. The summed E-state index contributed by atoms with van der Waals surface area (Å²) in [6, 6.07) is 0.335. The molecule has 2 rings (SSSR count). The van der Waals surface area contributed by atoms with Crippen molar-refractivity contribution >= 4 is 5.78 Å². The van der Waals surface area contributed by atoms with Gasteiger partial charge < -0.3 is 4.90 Å². The standard InChI is InChI=1S/C12H18F3NO/c13-12(14,15)9-5-7-16(8-6-9)10-1-3-11(17)4-2-10/h9-10H,1-8H2. The van der Waals surface area contributed by atoms with E-state index in [4.69, 9.17) is 0 Å². The molecule has 0 aromatic heterocycles. The van der Waals surface area contributed by atoms with E-state index in [0.717, 1.165) is 12.8 Å². The van der Waals surface area contributed by atoms with E-state index in [2.05, 4.69) is 4.90 Å². The van der Waals surface area contributed by atoms with Crippen LogP contribution in [0.3, 0.4) is 0 Å². The molecule has 2 fully saturated rings. The molecule has 0 radical (unpaired) electrons. The predicted molar refractivity (Wildman–Crippen MR) is 57.6 cm³/mol. The number of ketones is 1. The Kier molecular flexibility index (Phi) is 3.76. The van der Waals surface area contributed by atoms with Gasteiger partial charge in [-0.15, -0.1) is 0 Å². The van der Waals surface area contributed by atoms with Crippen molar-refractivity contribution in [1.29, 1.82) is 0 Å². The van der Waals surface area contributed by atoms with E-state index in [9.17, 15) is 18.0 Å². The number of Topliss-reactive ketones (excluding diaryl/α,β-unsaturated/α-hetero) is 1. The fourth-order valence-electron chi connectivity index (χ4n) is 2.88. The molecule has 0 amide bonds. The molecule has 2 aliphatic rings. The smallest absolute Gasteiger partial charge is 0.300 e. The Labute approximate surface area is 99.2 Å². The molecule has 0 aromatic carbocycles. The Morgan fingerprint density at radius 2 is 1.53 bits per heavy atom. The monoisotopic (exact) mass is 249 g/mol. The van der Waals surface area contributed by atoms with Gasteiger partial charge in [-0.2, -0.15) is 13.2 Å². The van der Waals surface area contributed by atoms with Crippen molar-refractivity contribution in [2.75, 3.05) is 13.1 Å². The Bertz CT molecular complexity index is 272. The van der Waals surface area contributed by atoms with Crippen molar-refractivity contribution in [3.8, 4) is 0 Å². The summed E-state index contributed by atoms with van der Waals surface area (Å²) >= 11 is 0. The Morgan fingerprint density at radius 1 is 1.00 bits per heavy atom. The van der Waals surface area contributed by atoms with Gasteiger partial charge in [0.05, 0.1) is 5.92 Å². The van der Waals surface area contributed by atoms with Crippen molar-refractivity contribution in [3.63, 3.8) is 0 Å². The minimum absolute atomic E-state index is 0.216. The zero-order chi connectivity index (χ0) is 12.5. The van der Waals surface area contributed by atoms with Gasteiger partial charge in [0.15, 0.2) is 0 Å². The molecule has 0 spiro atoms. The normalized spacial score (nSPS) is 26.4. The van der Waals surface area contributed by atoms with Crippen LogP contribution < -0.4 is 0 Å². The number of rotatable bonds is 1. The summed E-state index contributed by atoms with van der Waals surface area (Å²) in [6.45, 7) is 1.06. The number of nitrogens with zero attached hydrogens (tertiary/aromatic N) is 1. The maximum atomic E-state index is 12.5. The van der Waals surface area contributed by atoms with Crippen molar-refractivity contribution < 1.29 is 18.0 Å². The second-order valence-corrected chi connectivity index (χ2v) is 5.12. The van der Waals surface area contributed by atoms with Gasteiger partial charge in [0.1, 0.15) is 5.78 Å². The number of piperidine rings is 1. The number of likely N-dealkylation sites (tertiary alicyclic amines) is 1. The zero-order valence-corrected chi connectivity index (χ0v) is 9.80. The number of hydrogen-bond acceptors (Lipinski definition) is 2. The molecule has 2 nitrogen and oxygen atoms in total. The van der Waals surface area contributed by atoms with Crippen LogP contribution >= 0.6 is 0 Å². The van der Waals surface area contributed by atoms with Crippen LogP contribution in [0.25, 0.3) is 0 Å². The fourth-order valence-corrected chi connectivity index (χ4v) is 2.88. The molecule has 0 unspecified atom stereocenters. The van der Waals surface area contributed by atoms with E-state index < -0.39 is 12.1 Å². The third-order valence-electron chi connectivity index (χ3n) is 4.02. The first-order chi connectivity index (χ1) is 7.97. The Hall–Kier alpha value is -0.580. The van der Waals surface area contributed by atoms with Gasteiger partial charge in [-0.05, 0) is 38.8 Å². The largest absolute Gasteiger partial charge is 0.391 e. The predicted octanol–water partition coefficient (Wildman–Crippen LogP) is 2.77. The highest BCUT2D eigenvalue weighted by Crippen LogP contribution is 2.35. The van der Waals surface area contributed by atoms with Crippen molar-refractivity contribution in [2.24, 2.45) is 5.92 Å². The molecule has 98 valence electrons. The maximum Gasteiger partial charge on any atom is 0.391 e. The molecular formula is C12H18F3NO. The second-order valence-electron chi connectivity index (χ2n) is 5.12. The molecule has 0 aromatic rings. The topological polar surface area (TPSA) is 20.3 Å². The molecule has 1 aliphatic carbocycles. The number of carbonyl (C=O) groups is 1. The van der Waals surface area contributed by atoms with Gasteiger partial charge in [-0.25, -0.2) is 0 Å². The lowest BCUT2D eigenvalue weighted by Crippen LogP contribution is -2.45. The third-order valence-corrected chi connectivity index (χ3v) is 4.02. The minimum atomic E-state index is -4.03. The van der Waals surface area contributed by atoms with Crippen LogP contribution in [0.5, 0.6) is 0 Å². The van der Waals surface area contributed by atoms with Crippen LogP contribution in [0, 0.1) is 5.92 Å². The number of alkyl halides is 3. The summed E-state index contributed by atoms with van der Waals surface area (Å²) in [6.07, 6.45) is -0.741. The van der Waals surface area contributed by atoms with Crippen LogP contribution in [0.4, 0.5) is 13.2 Å². The van der Waals surface area contributed by atoms with Gasteiger partial charge in [0.25, 0.3) is 0 Å². The van der Waals surface area contributed by atoms with Gasteiger partial charge in [0.2, 0.25) is 0 Å². The summed E-state index contributed by atoms with van der Waals surface area (Å²) in [4.78, 5) is 13.3. The van der Waals surface area contributed by atoms with Gasteiger partial charge in [0, 0.05) is 18.9 Å². The molecule has 1 heterocycles. The lowest BCUT2D eigenvalue weighted by Gasteiger charge is -2.39. The lowest BCUT2D eigenvalue weighted by atomic mass is 9.89. The highest BCUT2D eigenvalue weighted by Gasteiger charge is 2.42. The summed E-state index contributed by atoms with van der Waals surface area (Å²) in [5, 5.41) is 0. The maximum absolute atomic E-state index is 12.5. The second kappa shape index (κ2) is 4.96. The van der Waals surface area contributed by atoms with E-state index >= 15 is 0 Å². The highest BCUT2D eigenvalue weighted by atomic mass is 19.4. The van der Waals surface area contributed by atoms with E-state index in [1.807, 2.05) is 0 Å². The summed E-state index contributed by atoms with van der Waals surface area (Å²) in [7, 11) is 0. The molecule has 17 heavy (non-hydrogen) atoms. The van der Waals surface area contributed by atoms with Crippen molar-refractivity contribution in [1.82, 2.24) is 4.90 Å². The van der Waals surface area contributed by atoms with E-state index in [0.29, 0.717) is 37.8 Å². The summed E-state index contributed by atoms with van der Waals surface area (Å²) in [5.41, 5.74) is 0. The Balaban J connectivity index is 1.81.